The van der Waals surface area contributed by atoms with Crippen molar-refractivity contribution in [1.82, 2.24) is 9.97 Å². The Morgan fingerprint density at radius 1 is 0.708 bits per heavy atom. The summed E-state index contributed by atoms with van der Waals surface area (Å²) in [7, 11) is 0. The number of aromatic nitrogens is 2. The molecular formula is C18H12Cl2N2O2. The van der Waals surface area contributed by atoms with E-state index in [1.54, 1.807) is 36.7 Å². The van der Waals surface area contributed by atoms with E-state index in [0.29, 0.717) is 21.1 Å². The van der Waals surface area contributed by atoms with Gasteiger partial charge in [0.1, 0.15) is 16.8 Å². The molecule has 0 unspecified atom stereocenters. The van der Waals surface area contributed by atoms with Crippen LogP contribution in [-0.4, -0.2) is 20.2 Å². The molecule has 2 N–H and O–H groups in total. The van der Waals surface area contributed by atoms with Gasteiger partial charge < -0.3 is 10.2 Å². The lowest BCUT2D eigenvalue weighted by atomic mass is 10.2. The molecule has 2 aromatic carbocycles. The number of phenolic OH excluding ortho intramolecular Hbond substituents is 2. The maximum Gasteiger partial charge on any atom is 0.160 e. The van der Waals surface area contributed by atoms with Crippen molar-refractivity contribution in [3.8, 4) is 11.5 Å². The van der Waals surface area contributed by atoms with Crippen LogP contribution in [0.1, 0.15) is 0 Å². The van der Waals surface area contributed by atoms with Crippen LogP contribution in [-0.2, 0) is 0 Å². The Hall–Kier alpha value is -2.56. The van der Waals surface area contributed by atoms with Crippen LogP contribution in [0.2, 0.25) is 10.0 Å². The minimum absolute atomic E-state index is 0.0507. The van der Waals surface area contributed by atoms with E-state index in [-0.39, 0.29) is 11.5 Å². The molecule has 0 bridgehead atoms. The molecule has 0 spiro atoms. The van der Waals surface area contributed by atoms with Gasteiger partial charge in [0.2, 0.25) is 0 Å². The molecule has 2 aromatic heterocycles. The first-order valence-electron chi connectivity index (χ1n) is 7.02. The predicted octanol–water partition coefficient (Wildman–Crippen LogP) is 5.19. The van der Waals surface area contributed by atoms with Crippen molar-refractivity contribution in [1.29, 1.82) is 0 Å². The first-order chi connectivity index (χ1) is 11.6. The number of hydrogen-bond donors (Lipinski definition) is 2. The maximum absolute atomic E-state index is 9.46. The summed E-state index contributed by atoms with van der Waals surface area (Å²) >= 11 is 11.6. The molecular weight excluding hydrogens is 347 g/mol. The summed E-state index contributed by atoms with van der Waals surface area (Å²) in [6, 6.07) is 14.0. The second kappa shape index (κ2) is 6.91. The molecule has 4 aromatic rings. The number of hydrogen-bond acceptors (Lipinski definition) is 4. The molecule has 2 heterocycles. The molecule has 0 aliphatic rings. The zero-order valence-corrected chi connectivity index (χ0v) is 13.8. The van der Waals surface area contributed by atoms with Gasteiger partial charge in [-0.15, -0.1) is 0 Å². The van der Waals surface area contributed by atoms with Gasteiger partial charge in [0.15, 0.2) is 5.75 Å². The van der Waals surface area contributed by atoms with Crippen LogP contribution in [0, 0.1) is 0 Å². The normalized spacial score (nSPS) is 10.4. The third kappa shape index (κ3) is 3.20. The summed E-state index contributed by atoms with van der Waals surface area (Å²) in [5, 5.41) is 21.4. The molecule has 0 atom stereocenters. The highest BCUT2D eigenvalue weighted by Crippen LogP contribution is 2.30. The number of fused-ring (bicyclic) bond motifs is 2. The third-order valence-corrected chi connectivity index (χ3v) is 4.03. The number of phenols is 2. The van der Waals surface area contributed by atoms with E-state index in [1.165, 1.54) is 0 Å². The summed E-state index contributed by atoms with van der Waals surface area (Å²) < 4.78 is 0. The number of pyridine rings is 2. The van der Waals surface area contributed by atoms with Gasteiger partial charge in [-0.1, -0.05) is 47.5 Å². The van der Waals surface area contributed by atoms with E-state index in [4.69, 9.17) is 23.2 Å². The van der Waals surface area contributed by atoms with Crippen LogP contribution in [0.3, 0.4) is 0 Å². The molecule has 6 heteroatoms. The van der Waals surface area contributed by atoms with Gasteiger partial charge in [-0.05, 0) is 24.3 Å². The van der Waals surface area contributed by atoms with E-state index in [0.717, 1.165) is 10.8 Å². The Morgan fingerprint density at radius 2 is 1.50 bits per heavy atom. The van der Waals surface area contributed by atoms with E-state index in [1.807, 2.05) is 24.3 Å². The average molecular weight is 359 g/mol. The lowest BCUT2D eigenvalue weighted by molar-refractivity contribution is 0.480. The molecule has 0 aliphatic heterocycles. The molecule has 0 amide bonds. The van der Waals surface area contributed by atoms with Gasteiger partial charge >= 0.3 is 0 Å². The minimum atomic E-state index is 0.0507. The molecule has 120 valence electrons. The predicted molar refractivity (Wildman–Crippen MR) is 96.8 cm³/mol. The Bertz CT molecular complexity index is 980. The summed E-state index contributed by atoms with van der Waals surface area (Å²) in [5.41, 5.74) is 1.09. The number of halogens is 2. The Balaban J connectivity index is 0.000000141. The van der Waals surface area contributed by atoms with Crippen LogP contribution in [0.15, 0.2) is 60.9 Å². The number of para-hydroxylation sites is 1. The van der Waals surface area contributed by atoms with E-state index >= 15 is 0 Å². The van der Waals surface area contributed by atoms with Crippen molar-refractivity contribution in [2.24, 2.45) is 0 Å². The van der Waals surface area contributed by atoms with E-state index in [2.05, 4.69) is 9.97 Å². The minimum Gasteiger partial charge on any atom is -0.506 e. The second-order valence-corrected chi connectivity index (χ2v) is 5.75. The fraction of sp³-hybridized carbons (Fsp3) is 0. The quantitative estimate of drug-likeness (QED) is 0.454. The van der Waals surface area contributed by atoms with Gasteiger partial charge in [0.25, 0.3) is 0 Å². The first-order valence-corrected chi connectivity index (χ1v) is 7.78. The third-order valence-electron chi connectivity index (χ3n) is 3.40. The maximum atomic E-state index is 9.46. The smallest absolute Gasteiger partial charge is 0.160 e. The van der Waals surface area contributed by atoms with Gasteiger partial charge in [0.05, 0.1) is 10.0 Å². The van der Waals surface area contributed by atoms with Crippen LogP contribution < -0.4 is 0 Å². The summed E-state index contributed by atoms with van der Waals surface area (Å²) in [4.78, 5) is 8.01. The highest BCUT2D eigenvalue weighted by molar-refractivity contribution is 6.35. The van der Waals surface area contributed by atoms with E-state index < -0.39 is 0 Å². The van der Waals surface area contributed by atoms with Crippen LogP contribution in [0.25, 0.3) is 21.8 Å². The average Bonchev–Trinajstić information content (AvgIpc) is 2.60. The van der Waals surface area contributed by atoms with Crippen LogP contribution >= 0.6 is 23.2 Å². The number of aromatic hydroxyl groups is 2. The second-order valence-electron chi connectivity index (χ2n) is 4.94. The van der Waals surface area contributed by atoms with E-state index in [9.17, 15) is 10.2 Å². The highest BCUT2D eigenvalue weighted by Gasteiger charge is 2.03. The number of benzene rings is 2. The van der Waals surface area contributed by atoms with Gasteiger partial charge in [-0.2, -0.15) is 0 Å². The summed E-state index contributed by atoms with van der Waals surface area (Å²) in [5.74, 6) is 0.213. The SMILES string of the molecule is Oc1c(Cl)ccc2cccnc12.Oc1cccc2c(Cl)ccnc12. The molecule has 0 radical (unpaired) electrons. The summed E-state index contributed by atoms with van der Waals surface area (Å²) in [6.07, 6.45) is 3.20. The molecule has 0 saturated carbocycles. The zero-order chi connectivity index (χ0) is 17.1. The van der Waals surface area contributed by atoms with Crippen molar-refractivity contribution in [3.05, 3.63) is 71.0 Å². The molecule has 0 saturated heterocycles. The van der Waals surface area contributed by atoms with Crippen molar-refractivity contribution < 1.29 is 10.2 Å². The first kappa shape index (κ1) is 16.3. The lowest BCUT2D eigenvalue weighted by Gasteiger charge is -2.00. The van der Waals surface area contributed by atoms with Gasteiger partial charge in [-0.25, -0.2) is 0 Å². The molecule has 4 rings (SSSR count). The van der Waals surface area contributed by atoms with Gasteiger partial charge in [-0.3, -0.25) is 9.97 Å². The summed E-state index contributed by atoms with van der Waals surface area (Å²) in [6.45, 7) is 0. The molecule has 0 aliphatic carbocycles. The number of rotatable bonds is 0. The van der Waals surface area contributed by atoms with Crippen molar-refractivity contribution >= 4 is 45.0 Å². The molecule has 0 fully saturated rings. The topological polar surface area (TPSA) is 66.2 Å². The monoisotopic (exact) mass is 358 g/mol. The van der Waals surface area contributed by atoms with Crippen LogP contribution in [0.4, 0.5) is 0 Å². The van der Waals surface area contributed by atoms with Crippen molar-refractivity contribution in [3.63, 3.8) is 0 Å². The van der Waals surface area contributed by atoms with Crippen molar-refractivity contribution in [2.45, 2.75) is 0 Å². The Labute approximate surface area is 147 Å². The standard InChI is InChI=1S/2C9H6ClNO/c10-7-4-3-6-2-1-5-11-8(6)9(7)12;10-7-4-5-11-9-6(7)2-1-3-8(9)12/h2*1-5,12H. The highest BCUT2D eigenvalue weighted by atomic mass is 35.5. The molecule has 4 nitrogen and oxygen atoms in total. The lowest BCUT2D eigenvalue weighted by Crippen LogP contribution is -1.78. The Morgan fingerprint density at radius 3 is 2.29 bits per heavy atom. The Kier molecular flexibility index (Phi) is 4.69. The fourth-order valence-corrected chi connectivity index (χ4v) is 2.59. The van der Waals surface area contributed by atoms with Crippen molar-refractivity contribution in [2.75, 3.05) is 0 Å². The molecule has 24 heavy (non-hydrogen) atoms. The van der Waals surface area contributed by atoms with Crippen LogP contribution in [0.5, 0.6) is 11.5 Å². The van der Waals surface area contributed by atoms with Gasteiger partial charge in [0, 0.05) is 23.2 Å². The largest absolute Gasteiger partial charge is 0.506 e. The fourth-order valence-electron chi connectivity index (χ4n) is 2.23. The number of nitrogens with zero attached hydrogens (tertiary/aromatic N) is 2. The zero-order valence-electron chi connectivity index (χ0n) is 12.3.